The summed E-state index contributed by atoms with van der Waals surface area (Å²) in [5, 5.41) is 0.553. The van der Waals surface area contributed by atoms with Crippen molar-refractivity contribution in [3.63, 3.8) is 0 Å². The van der Waals surface area contributed by atoms with Crippen molar-refractivity contribution in [2.45, 2.75) is 37.6 Å². The van der Waals surface area contributed by atoms with E-state index in [0.717, 1.165) is 24.8 Å². The second-order valence-electron chi connectivity index (χ2n) is 5.04. The van der Waals surface area contributed by atoms with E-state index in [-0.39, 0.29) is 24.2 Å². The van der Waals surface area contributed by atoms with E-state index < -0.39 is 5.41 Å². The Bertz CT molecular complexity index is 479. The Kier molecular flexibility index (Phi) is 5.25. The quantitative estimate of drug-likeness (QED) is 0.913. The first-order chi connectivity index (χ1) is 8.49. The molecule has 0 heterocycles. The number of hydrogen-bond donors (Lipinski definition) is 1. The van der Waals surface area contributed by atoms with Crippen LogP contribution in [0, 0.1) is 0 Å². The molecule has 106 valence electrons. The fourth-order valence-electron chi connectivity index (χ4n) is 2.63. The molecule has 3 nitrogen and oxygen atoms in total. The van der Waals surface area contributed by atoms with Gasteiger partial charge in [-0.05, 0) is 37.5 Å². The average molecular weight is 304 g/mol. The maximum Gasteiger partial charge on any atom is 0.159 e. The highest BCUT2D eigenvalue weighted by Gasteiger charge is 2.41. The molecule has 2 atom stereocenters. The SMILES string of the molecule is COc1cc(C2(C)CCCC(N)C2=O)ccc1Cl.Cl. The molecule has 1 aliphatic rings. The summed E-state index contributed by atoms with van der Waals surface area (Å²) in [4.78, 5) is 12.3. The van der Waals surface area contributed by atoms with Gasteiger partial charge in [-0.3, -0.25) is 4.79 Å². The molecule has 2 rings (SSSR count). The van der Waals surface area contributed by atoms with Crippen LogP contribution in [0.15, 0.2) is 18.2 Å². The largest absolute Gasteiger partial charge is 0.495 e. The Morgan fingerprint density at radius 2 is 2.16 bits per heavy atom. The maximum absolute atomic E-state index is 12.3. The number of carbonyl (C=O) groups is 1. The van der Waals surface area contributed by atoms with Crippen molar-refractivity contribution >= 4 is 29.8 Å². The van der Waals surface area contributed by atoms with E-state index in [1.807, 2.05) is 19.1 Å². The van der Waals surface area contributed by atoms with Crippen LogP contribution in [-0.2, 0) is 10.2 Å². The highest BCUT2D eigenvalue weighted by atomic mass is 35.5. The zero-order chi connectivity index (χ0) is 13.3. The van der Waals surface area contributed by atoms with Gasteiger partial charge in [-0.1, -0.05) is 24.1 Å². The minimum absolute atomic E-state index is 0. The van der Waals surface area contributed by atoms with Crippen LogP contribution in [0.1, 0.15) is 31.7 Å². The molecule has 5 heteroatoms. The van der Waals surface area contributed by atoms with E-state index in [1.165, 1.54) is 0 Å². The van der Waals surface area contributed by atoms with Crippen molar-refractivity contribution in [1.29, 1.82) is 0 Å². The molecule has 1 fully saturated rings. The number of ketones is 1. The molecule has 0 saturated heterocycles. The van der Waals surface area contributed by atoms with Crippen LogP contribution < -0.4 is 10.5 Å². The molecule has 1 aromatic rings. The summed E-state index contributed by atoms with van der Waals surface area (Å²) < 4.78 is 5.21. The second-order valence-corrected chi connectivity index (χ2v) is 5.45. The summed E-state index contributed by atoms with van der Waals surface area (Å²) in [7, 11) is 1.57. The van der Waals surface area contributed by atoms with Gasteiger partial charge < -0.3 is 10.5 Å². The third-order valence-electron chi connectivity index (χ3n) is 3.86. The predicted octanol–water partition coefficient (Wildman–Crippen LogP) is 3.11. The first-order valence-electron chi connectivity index (χ1n) is 6.13. The zero-order valence-electron chi connectivity index (χ0n) is 11.1. The molecule has 2 N–H and O–H groups in total. The third kappa shape index (κ3) is 2.88. The molecular weight excluding hydrogens is 285 g/mol. The van der Waals surface area contributed by atoms with Gasteiger partial charge in [-0.15, -0.1) is 12.4 Å². The summed E-state index contributed by atoms with van der Waals surface area (Å²) >= 11 is 6.01. The fourth-order valence-corrected chi connectivity index (χ4v) is 2.82. The summed E-state index contributed by atoms with van der Waals surface area (Å²) in [5.74, 6) is 0.709. The van der Waals surface area contributed by atoms with Gasteiger partial charge >= 0.3 is 0 Å². The van der Waals surface area contributed by atoms with Gasteiger partial charge in [0.15, 0.2) is 5.78 Å². The van der Waals surface area contributed by atoms with Crippen LogP contribution in [0.5, 0.6) is 5.75 Å². The van der Waals surface area contributed by atoms with E-state index in [1.54, 1.807) is 13.2 Å². The van der Waals surface area contributed by atoms with Crippen LogP contribution in [-0.4, -0.2) is 18.9 Å². The number of benzene rings is 1. The highest BCUT2D eigenvalue weighted by molar-refractivity contribution is 6.32. The van der Waals surface area contributed by atoms with Crippen molar-refractivity contribution in [2.24, 2.45) is 5.73 Å². The van der Waals surface area contributed by atoms with Gasteiger partial charge in [0.05, 0.1) is 23.6 Å². The number of Topliss-reactive ketones (excluding diaryl/α,β-unsaturated/α-hetero) is 1. The van der Waals surface area contributed by atoms with Crippen molar-refractivity contribution in [3.8, 4) is 5.75 Å². The number of ether oxygens (including phenoxy) is 1. The lowest BCUT2D eigenvalue weighted by Gasteiger charge is -2.35. The van der Waals surface area contributed by atoms with Crippen molar-refractivity contribution in [1.82, 2.24) is 0 Å². The molecule has 1 saturated carbocycles. The molecule has 1 aliphatic carbocycles. The van der Waals surface area contributed by atoms with Crippen LogP contribution >= 0.6 is 24.0 Å². The normalized spacial score (nSPS) is 26.7. The molecule has 0 amide bonds. The highest BCUT2D eigenvalue weighted by Crippen LogP contribution is 2.38. The molecule has 19 heavy (non-hydrogen) atoms. The zero-order valence-corrected chi connectivity index (χ0v) is 12.7. The van der Waals surface area contributed by atoms with Crippen molar-refractivity contribution in [3.05, 3.63) is 28.8 Å². The van der Waals surface area contributed by atoms with Crippen LogP contribution in [0.4, 0.5) is 0 Å². The number of nitrogens with two attached hydrogens (primary N) is 1. The topological polar surface area (TPSA) is 52.3 Å². The average Bonchev–Trinajstić information content (AvgIpc) is 2.36. The Labute approximate surface area is 124 Å². The van der Waals surface area contributed by atoms with Crippen molar-refractivity contribution < 1.29 is 9.53 Å². The van der Waals surface area contributed by atoms with Crippen LogP contribution in [0.2, 0.25) is 5.02 Å². The molecule has 0 aliphatic heterocycles. The van der Waals surface area contributed by atoms with Gasteiger partial charge in [-0.25, -0.2) is 0 Å². The third-order valence-corrected chi connectivity index (χ3v) is 4.17. The fraction of sp³-hybridized carbons (Fsp3) is 0.500. The molecule has 1 aromatic carbocycles. The smallest absolute Gasteiger partial charge is 0.159 e. The number of hydrogen-bond acceptors (Lipinski definition) is 3. The Morgan fingerprint density at radius 3 is 2.79 bits per heavy atom. The number of methoxy groups -OCH3 is 1. The van der Waals surface area contributed by atoms with Crippen LogP contribution in [0.3, 0.4) is 0 Å². The number of rotatable bonds is 2. The Morgan fingerprint density at radius 1 is 1.47 bits per heavy atom. The lowest BCUT2D eigenvalue weighted by atomic mass is 9.68. The van der Waals surface area contributed by atoms with Gasteiger partial charge in [-0.2, -0.15) is 0 Å². The van der Waals surface area contributed by atoms with E-state index in [0.29, 0.717) is 10.8 Å². The maximum atomic E-state index is 12.3. The van der Waals surface area contributed by atoms with E-state index in [4.69, 9.17) is 22.1 Å². The molecule has 0 radical (unpaired) electrons. The number of halogens is 2. The number of carbonyl (C=O) groups excluding carboxylic acids is 1. The summed E-state index contributed by atoms with van der Waals surface area (Å²) in [6, 6.07) is 5.15. The van der Waals surface area contributed by atoms with Crippen molar-refractivity contribution in [2.75, 3.05) is 7.11 Å². The van der Waals surface area contributed by atoms with Gasteiger partial charge in [0.1, 0.15) is 5.75 Å². The van der Waals surface area contributed by atoms with Gasteiger partial charge in [0, 0.05) is 0 Å². The summed E-state index contributed by atoms with van der Waals surface area (Å²) in [5.41, 5.74) is 6.30. The predicted molar refractivity (Wildman–Crippen MR) is 79.4 cm³/mol. The lowest BCUT2D eigenvalue weighted by Crippen LogP contribution is -2.48. The molecular formula is C14H19Cl2NO2. The second kappa shape index (κ2) is 6.12. The Balaban J connectivity index is 0.00000180. The molecule has 0 spiro atoms. The molecule has 2 unspecified atom stereocenters. The first-order valence-corrected chi connectivity index (χ1v) is 6.51. The van der Waals surface area contributed by atoms with Gasteiger partial charge in [0.2, 0.25) is 0 Å². The molecule has 0 bridgehead atoms. The summed E-state index contributed by atoms with van der Waals surface area (Å²) in [6.45, 7) is 1.96. The monoisotopic (exact) mass is 303 g/mol. The standard InChI is InChI=1S/C14H18ClNO2.ClH/c1-14(7-3-4-11(16)13(14)17)9-5-6-10(15)12(8-9)18-2;/h5-6,8,11H,3-4,7,16H2,1-2H3;1H. The summed E-state index contributed by atoms with van der Waals surface area (Å²) in [6.07, 6.45) is 2.57. The first kappa shape index (κ1) is 16.3. The van der Waals surface area contributed by atoms with E-state index in [2.05, 4.69) is 0 Å². The van der Waals surface area contributed by atoms with Gasteiger partial charge in [0.25, 0.3) is 0 Å². The van der Waals surface area contributed by atoms with E-state index in [9.17, 15) is 4.79 Å². The van der Waals surface area contributed by atoms with Crippen LogP contribution in [0.25, 0.3) is 0 Å². The van der Waals surface area contributed by atoms with E-state index >= 15 is 0 Å². The molecule has 0 aromatic heterocycles. The minimum Gasteiger partial charge on any atom is -0.495 e. The lowest BCUT2D eigenvalue weighted by molar-refractivity contribution is -0.127. The Hall–Kier alpha value is -0.770. The minimum atomic E-state index is -0.518.